The summed E-state index contributed by atoms with van der Waals surface area (Å²) in [5.74, 6) is 0. The van der Waals surface area contributed by atoms with Crippen LogP contribution < -0.4 is 5.32 Å². The van der Waals surface area contributed by atoms with Crippen molar-refractivity contribution < 1.29 is 4.74 Å². The van der Waals surface area contributed by atoms with Gasteiger partial charge in [0.2, 0.25) is 0 Å². The van der Waals surface area contributed by atoms with Crippen LogP contribution in [0, 0.1) is 0 Å². The molecular formula is C15H20N2OS. The van der Waals surface area contributed by atoms with Gasteiger partial charge in [-0.25, -0.2) is 4.98 Å². The third-order valence-electron chi connectivity index (χ3n) is 2.82. The summed E-state index contributed by atoms with van der Waals surface area (Å²) in [5, 5.41) is 6.78. The molecule has 1 heterocycles. The summed E-state index contributed by atoms with van der Waals surface area (Å²) in [6.45, 7) is 1.73. The molecule has 102 valence electrons. The van der Waals surface area contributed by atoms with E-state index in [1.165, 1.54) is 10.7 Å². The van der Waals surface area contributed by atoms with Gasteiger partial charge in [0, 0.05) is 44.2 Å². The number of hydrogen-bond donors (Lipinski definition) is 1. The van der Waals surface area contributed by atoms with Crippen LogP contribution >= 0.6 is 11.3 Å². The third kappa shape index (κ3) is 5.01. The van der Waals surface area contributed by atoms with Crippen molar-refractivity contribution in [1.82, 2.24) is 4.98 Å². The van der Waals surface area contributed by atoms with Gasteiger partial charge >= 0.3 is 0 Å². The smallest absolute Gasteiger partial charge is 0.0929 e. The first-order chi connectivity index (χ1) is 9.38. The number of nitrogens with zero attached hydrogens (tertiary/aromatic N) is 1. The summed E-state index contributed by atoms with van der Waals surface area (Å²) in [4.78, 5) is 4.64. The SMILES string of the molecule is COCCCc1nc(CCNc2ccccc2)cs1. The molecule has 0 radical (unpaired) electrons. The molecule has 0 unspecified atom stereocenters. The second-order valence-corrected chi connectivity index (χ2v) is 5.31. The Labute approximate surface area is 118 Å². The molecule has 0 saturated carbocycles. The number of aryl methyl sites for hydroxylation is 1. The van der Waals surface area contributed by atoms with Gasteiger partial charge in [-0.3, -0.25) is 0 Å². The summed E-state index contributed by atoms with van der Waals surface area (Å²) < 4.78 is 5.05. The minimum atomic E-state index is 0.810. The molecule has 0 aliphatic rings. The molecule has 2 aromatic rings. The van der Waals surface area contributed by atoms with E-state index in [2.05, 4.69) is 27.8 Å². The number of para-hydroxylation sites is 1. The molecule has 2 rings (SSSR count). The maximum Gasteiger partial charge on any atom is 0.0929 e. The van der Waals surface area contributed by atoms with Crippen molar-refractivity contribution in [2.24, 2.45) is 0 Å². The van der Waals surface area contributed by atoms with Gasteiger partial charge < -0.3 is 10.1 Å². The van der Waals surface area contributed by atoms with E-state index in [9.17, 15) is 0 Å². The maximum atomic E-state index is 5.05. The quantitative estimate of drug-likeness (QED) is 0.751. The molecule has 0 aliphatic carbocycles. The minimum absolute atomic E-state index is 0.810. The number of anilines is 1. The minimum Gasteiger partial charge on any atom is -0.385 e. The van der Waals surface area contributed by atoms with Crippen LogP contribution in [0.1, 0.15) is 17.1 Å². The van der Waals surface area contributed by atoms with Crippen LogP contribution in [0.5, 0.6) is 0 Å². The molecule has 1 aromatic heterocycles. The van der Waals surface area contributed by atoms with Gasteiger partial charge in [0.1, 0.15) is 0 Å². The van der Waals surface area contributed by atoms with Crippen LogP contribution in [0.3, 0.4) is 0 Å². The number of benzene rings is 1. The van der Waals surface area contributed by atoms with E-state index in [1.807, 2.05) is 18.2 Å². The van der Waals surface area contributed by atoms with E-state index in [1.54, 1.807) is 18.4 Å². The number of nitrogens with one attached hydrogen (secondary N) is 1. The third-order valence-corrected chi connectivity index (χ3v) is 3.78. The molecule has 0 atom stereocenters. The number of aromatic nitrogens is 1. The zero-order valence-corrected chi connectivity index (χ0v) is 12.1. The standard InChI is InChI=1S/C15H20N2OS/c1-18-11-5-8-15-17-14(12-19-15)9-10-16-13-6-3-2-4-7-13/h2-4,6-7,12,16H,5,8-11H2,1H3. The van der Waals surface area contributed by atoms with Gasteiger partial charge in [0.15, 0.2) is 0 Å². The van der Waals surface area contributed by atoms with Gasteiger partial charge in [-0.15, -0.1) is 11.3 Å². The fourth-order valence-corrected chi connectivity index (χ4v) is 2.71. The van der Waals surface area contributed by atoms with E-state index in [0.717, 1.165) is 38.1 Å². The molecular weight excluding hydrogens is 256 g/mol. The summed E-state index contributed by atoms with van der Waals surface area (Å²) >= 11 is 1.75. The molecule has 1 aromatic carbocycles. The van der Waals surface area contributed by atoms with Crippen LogP contribution in [0.4, 0.5) is 5.69 Å². The predicted molar refractivity (Wildman–Crippen MR) is 80.9 cm³/mol. The molecule has 0 bridgehead atoms. The molecule has 19 heavy (non-hydrogen) atoms. The van der Waals surface area contributed by atoms with Crippen LogP contribution in [-0.4, -0.2) is 25.2 Å². The molecule has 4 heteroatoms. The van der Waals surface area contributed by atoms with Gasteiger partial charge in [-0.05, 0) is 18.6 Å². The first-order valence-corrected chi connectivity index (χ1v) is 7.47. The van der Waals surface area contributed by atoms with Gasteiger partial charge in [-0.1, -0.05) is 18.2 Å². The Morgan fingerprint density at radius 1 is 1.21 bits per heavy atom. The van der Waals surface area contributed by atoms with Crippen LogP contribution in [0.25, 0.3) is 0 Å². The van der Waals surface area contributed by atoms with Crippen molar-refractivity contribution in [1.29, 1.82) is 0 Å². The summed E-state index contributed by atoms with van der Waals surface area (Å²) in [6, 6.07) is 10.3. The second kappa shape index (κ2) is 7.92. The van der Waals surface area contributed by atoms with Crippen molar-refractivity contribution in [3.63, 3.8) is 0 Å². The summed E-state index contributed by atoms with van der Waals surface area (Å²) in [7, 11) is 1.74. The van der Waals surface area contributed by atoms with Crippen LogP contribution in [-0.2, 0) is 17.6 Å². The normalized spacial score (nSPS) is 10.6. The highest BCUT2D eigenvalue weighted by Gasteiger charge is 2.02. The predicted octanol–water partition coefficient (Wildman–Crippen LogP) is 3.38. The second-order valence-electron chi connectivity index (χ2n) is 4.37. The zero-order valence-electron chi connectivity index (χ0n) is 11.3. The Bertz CT molecular complexity index is 470. The number of ether oxygens (including phenoxy) is 1. The largest absolute Gasteiger partial charge is 0.385 e. The Balaban J connectivity index is 1.71. The molecule has 0 saturated heterocycles. The Morgan fingerprint density at radius 2 is 2.05 bits per heavy atom. The molecule has 3 nitrogen and oxygen atoms in total. The van der Waals surface area contributed by atoms with Crippen molar-refractivity contribution >= 4 is 17.0 Å². The fourth-order valence-electron chi connectivity index (χ4n) is 1.84. The first-order valence-electron chi connectivity index (χ1n) is 6.59. The number of methoxy groups -OCH3 is 1. The molecule has 1 N–H and O–H groups in total. The Morgan fingerprint density at radius 3 is 2.84 bits per heavy atom. The van der Waals surface area contributed by atoms with Gasteiger partial charge in [0.05, 0.1) is 10.7 Å². The van der Waals surface area contributed by atoms with Crippen molar-refractivity contribution in [3.8, 4) is 0 Å². The molecule has 0 amide bonds. The van der Waals surface area contributed by atoms with E-state index < -0.39 is 0 Å². The molecule has 0 aliphatic heterocycles. The van der Waals surface area contributed by atoms with E-state index in [0.29, 0.717) is 0 Å². The van der Waals surface area contributed by atoms with Crippen LogP contribution in [0.2, 0.25) is 0 Å². The topological polar surface area (TPSA) is 34.1 Å². The Kier molecular flexibility index (Phi) is 5.85. The fraction of sp³-hybridized carbons (Fsp3) is 0.400. The summed E-state index contributed by atoms with van der Waals surface area (Å²) in [6.07, 6.45) is 3.03. The number of thiazole rings is 1. The average Bonchev–Trinajstić information content (AvgIpc) is 2.88. The maximum absolute atomic E-state index is 5.05. The lowest BCUT2D eigenvalue weighted by Gasteiger charge is -2.04. The zero-order chi connectivity index (χ0) is 13.3. The van der Waals surface area contributed by atoms with E-state index in [4.69, 9.17) is 4.74 Å². The van der Waals surface area contributed by atoms with Gasteiger partial charge in [-0.2, -0.15) is 0 Å². The van der Waals surface area contributed by atoms with Gasteiger partial charge in [0.25, 0.3) is 0 Å². The lowest BCUT2D eigenvalue weighted by Crippen LogP contribution is -2.05. The van der Waals surface area contributed by atoms with Crippen molar-refractivity contribution in [2.45, 2.75) is 19.3 Å². The number of rotatable bonds is 8. The summed E-state index contributed by atoms with van der Waals surface area (Å²) in [5.41, 5.74) is 2.35. The highest BCUT2D eigenvalue weighted by atomic mass is 32.1. The molecule has 0 fully saturated rings. The molecule has 0 spiro atoms. The monoisotopic (exact) mass is 276 g/mol. The Hall–Kier alpha value is -1.39. The van der Waals surface area contributed by atoms with Crippen LogP contribution in [0.15, 0.2) is 35.7 Å². The van der Waals surface area contributed by atoms with E-state index >= 15 is 0 Å². The average molecular weight is 276 g/mol. The van der Waals surface area contributed by atoms with Crippen molar-refractivity contribution in [2.75, 3.05) is 25.6 Å². The van der Waals surface area contributed by atoms with Crippen molar-refractivity contribution in [3.05, 3.63) is 46.4 Å². The first kappa shape index (κ1) is 14.0. The van der Waals surface area contributed by atoms with E-state index in [-0.39, 0.29) is 0 Å². The lowest BCUT2D eigenvalue weighted by atomic mass is 10.3. The highest BCUT2D eigenvalue weighted by molar-refractivity contribution is 7.09. The number of hydrogen-bond acceptors (Lipinski definition) is 4. The lowest BCUT2D eigenvalue weighted by molar-refractivity contribution is 0.195. The highest BCUT2D eigenvalue weighted by Crippen LogP contribution is 2.13.